The molecule has 0 saturated heterocycles. The van der Waals surface area contributed by atoms with Crippen LogP contribution < -0.4 is 45.5 Å². The maximum atomic E-state index is 11.1. The van der Waals surface area contributed by atoms with Gasteiger partial charge in [0.25, 0.3) is 5.69 Å². The van der Waals surface area contributed by atoms with Gasteiger partial charge in [-0.15, -0.1) is 12.4 Å². The Bertz CT molecular complexity index is 1400. The number of nitrogens with one attached hydrogen (secondary N) is 1. The third-order valence-electron chi connectivity index (χ3n) is 6.43. The van der Waals surface area contributed by atoms with Crippen LogP contribution in [0.1, 0.15) is 51.5 Å². The van der Waals surface area contributed by atoms with E-state index in [1.165, 1.54) is 24.3 Å². The molecule has 0 bridgehead atoms. The summed E-state index contributed by atoms with van der Waals surface area (Å²) < 4.78 is 0. The summed E-state index contributed by atoms with van der Waals surface area (Å²) in [6, 6.07) is 13.3. The minimum Gasteiger partial charge on any atom is -0.480 e. The van der Waals surface area contributed by atoms with Crippen LogP contribution in [0.5, 0.6) is 0 Å². The van der Waals surface area contributed by atoms with Crippen LogP contribution in [-0.4, -0.2) is 92.3 Å². The molecule has 4 unspecified atom stereocenters. The van der Waals surface area contributed by atoms with Crippen molar-refractivity contribution in [3.05, 3.63) is 70.3 Å². The summed E-state index contributed by atoms with van der Waals surface area (Å²) in [4.78, 5) is 64.0. The quantitative estimate of drug-likeness (QED) is 0.0251. The van der Waals surface area contributed by atoms with Crippen LogP contribution in [0.25, 0.3) is 0 Å². The van der Waals surface area contributed by atoms with Gasteiger partial charge in [-0.2, -0.15) is 0 Å². The molecule has 2 aromatic rings. The molecular formula is C32H55ClN10O11. The van der Waals surface area contributed by atoms with E-state index < -0.39 is 52.8 Å². The number of halogens is 1. The van der Waals surface area contributed by atoms with Gasteiger partial charge in [-0.05, 0) is 42.9 Å². The highest BCUT2D eigenvalue weighted by molar-refractivity contribution is 5.85. The lowest BCUT2D eigenvalue weighted by Crippen LogP contribution is -2.41. The predicted molar refractivity (Wildman–Crippen MR) is 205 cm³/mol. The smallest absolute Gasteiger partial charge is 0.320 e. The van der Waals surface area contributed by atoms with Crippen molar-refractivity contribution in [2.75, 3.05) is 18.8 Å². The highest BCUT2D eigenvalue weighted by atomic mass is 35.5. The molecule has 0 saturated carbocycles. The number of nitro groups is 1. The van der Waals surface area contributed by atoms with Crippen molar-refractivity contribution in [1.82, 2.24) is 5.32 Å². The number of aliphatic imine (C=N–C) groups is 1. The number of carbonyl (C=O) groups is 5. The van der Waals surface area contributed by atoms with Gasteiger partial charge in [0.2, 0.25) is 5.91 Å². The maximum Gasteiger partial charge on any atom is 0.320 e. The third kappa shape index (κ3) is 33.5. The normalized spacial score (nSPS) is 11.6. The Kier molecular flexibility index (Phi) is 33.9. The number of hydrogen-bond donors (Lipinski definition) is 12. The molecule has 22 heteroatoms. The molecular weight excluding hydrogens is 736 g/mol. The Hall–Kier alpha value is -5.61. The fraction of sp³-hybridized carbons (Fsp3) is 0.438. The SMILES string of the molecule is CCC(C)C(NCc1ccccc1)C(=O)O.Cl.NC(=O)CCC(N)C(=O)O.NC(N)=NCCCC(N)C(=O)O.NCC(=O)O.Nc1ccc([N+](=O)[O-])cc1. The van der Waals surface area contributed by atoms with Crippen LogP contribution in [0.4, 0.5) is 11.4 Å². The number of nitro benzene ring substituents is 1. The summed E-state index contributed by atoms with van der Waals surface area (Å²) in [5, 5.41) is 46.4. The van der Waals surface area contributed by atoms with Crippen molar-refractivity contribution < 1.29 is 49.3 Å². The summed E-state index contributed by atoms with van der Waals surface area (Å²) in [5.74, 6) is -4.23. The van der Waals surface area contributed by atoms with Crippen molar-refractivity contribution in [1.29, 1.82) is 0 Å². The number of nitrogens with zero attached hydrogens (tertiary/aromatic N) is 2. The number of non-ortho nitro benzene ring substituents is 1. The van der Waals surface area contributed by atoms with Crippen molar-refractivity contribution in [2.24, 2.45) is 45.3 Å². The molecule has 4 atom stereocenters. The fourth-order valence-electron chi connectivity index (χ4n) is 3.25. The first-order valence-electron chi connectivity index (χ1n) is 15.9. The number of primary amides is 1. The van der Waals surface area contributed by atoms with Crippen molar-refractivity contribution >= 4 is 59.5 Å². The van der Waals surface area contributed by atoms with E-state index in [0.717, 1.165) is 12.0 Å². The summed E-state index contributed by atoms with van der Waals surface area (Å²) in [6.07, 6.45) is 1.94. The predicted octanol–water partition coefficient (Wildman–Crippen LogP) is 0.0197. The van der Waals surface area contributed by atoms with Crippen LogP contribution in [0.2, 0.25) is 0 Å². The average Bonchev–Trinajstić information content (AvgIpc) is 3.10. The van der Waals surface area contributed by atoms with Gasteiger partial charge in [-0.25, -0.2) is 0 Å². The molecule has 21 nitrogen and oxygen atoms in total. The molecule has 0 aliphatic heterocycles. The first kappa shape index (κ1) is 55.2. The lowest BCUT2D eigenvalue weighted by atomic mass is 9.99. The zero-order chi connectivity index (χ0) is 41.5. The molecule has 1 amide bonds. The number of benzene rings is 2. The van der Waals surface area contributed by atoms with E-state index >= 15 is 0 Å². The number of nitrogen functional groups attached to an aromatic ring is 1. The molecule has 306 valence electrons. The average molecular weight is 791 g/mol. The van der Waals surface area contributed by atoms with Crippen molar-refractivity contribution in [3.8, 4) is 0 Å². The van der Waals surface area contributed by atoms with Crippen molar-refractivity contribution in [3.63, 3.8) is 0 Å². The summed E-state index contributed by atoms with van der Waals surface area (Å²) in [7, 11) is 0. The summed E-state index contributed by atoms with van der Waals surface area (Å²) in [6.45, 7) is 4.70. The second-order valence-corrected chi connectivity index (χ2v) is 10.9. The molecule has 0 aliphatic rings. The minimum atomic E-state index is -1.11. The Balaban J connectivity index is -0.000000299. The van der Waals surface area contributed by atoms with Gasteiger partial charge >= 0.3 is 23.9 Å². The van der Waals surface area contributed by atoms with Gasteiger partial charge in [-0.1, -0.05) is 50.6 Å². The number of amides is 1. The Labute approximate surface area is 318 Å². The number of guanidine groups is 1. The van der Waals surface area contributed by atoms with E-state index in [2.05, 4.69) is 16.0 Å². The summed E-state index contributed by atoms with van der Waals surface area (Å²) in [5.41, 5.74) is 36.7. The Morgan fingerprint density at radius 1 is 0.852 bits per heavy atom. The lowest BCUT2D eigenvalue weighted by Gasteiger charge is -2.20. The molecule has 0 radical (unpaired) electrons. The van der Waals surface area contributed by atoms with E-state index in [1.807, 2.05) is 44.2 Å². The van der Waals surface area contributed by atoms with E-state index in [-0.39, 0.29) is 49.4 Å². The zero-order valence-corrected chi connectivity index (χ0v) is 31.0. The molecule has 19 N–H and O–H groups in total. The van der Waals surface area contributed by atoms with Gasteiger partial charge in [-0.3, -0.25) is 39.1 Å². The van der Waals surface area contributed by atoms with Crippen LogP contribution in [0.15, 0.2) is 59.6 Å². The van der Waals surface area contributed by atoms with Gasteiger partial charge in [0.15, 0.2) is 5.96 Å². The molecule has 0 aliphatic carbocycles. The third-order valence-corrected chi connectivity index (χ3v) is 6.43. The highest BCUT2D eigenvalue weighted by Crippen LogP contribution is 2.12. The molecule has 2 rings (SSSR count). The van der Waals surface area contributed by atoms with Gasteiger partial charge in [0.05, 0.1) is 11.5 Å². The molecule has 54 heavy (non-hydrogen) atoms. The first-order valence-corrected chi connectivity index (χ1v) is 15.9. The lowest BCUT2D eigenvalue weighted by molar-refractivity contribution is -0.384. The van der Waals surface area contributed by atoms with Crippen molar-refractivity contribution in [2.45, 2.75) is 70.6 Å². The van der Waals surface area contributed by atoms with E-state index in [0.29, 0.717) is 31.6 Å². The number of hydrogen-bond acceptors (Lipinski definition) is 13. The minimum absolute atomic E-state index is 0. The molecule has 0 aromatic heterocycles. The zero-order valence-electron chi connectivity index (χ0n) is 30.2. The Morgan fingerprint density at radius 3 is 1.70 bits per heavy atom. The number of carboxylic acid groups (broad SMARTS) is 4. The first-order chi connectivity index (χ1) is 24.7. The number of anilines is 1. The fourth-order valence-corrected chi connectivity index (χ4v) is 3.25. The molecule has 2 aromatic carbocycles. The van der Waals surface area contributed by atoms with Gasteiger partial charge in [0, 0.05) is 37.3 Å². The van der Waals surface area contributed by atoms with Crippen LogP contribution in [0, 0.1) is 16.0 Å². The maximum absolute atomic E-state index is 11.1. The largest absolute Gasteiger partial charge is 0.480 e. The number of carbonyl (C=O) groups excluding carboxylic acids is 1. The number of nitrogens with two attached hydrogens (primary N) is 7. The van der Waals surface area contributed by atoms with Crippen LogP contribution in [-0.2, 0) is 30.5 Å². The Morgan fingerprint density at radius 2 is 1.33 bits per heavy atom. The van der Waals surface area contributed by atoms with Crippen LogP contribution >= 0.6 is 12.4 Å². The second kappa shape index (κ2) is 33.2. The number of aliphatic carboxylic acids is 4. The molecule has 0 fully saturated rings. The number of rotatable bonds is 17. The monoisotopic (exact) mass is 790 g/mol. The van der Waals surface area contributed by atoms with E-state index in [1.54, 1.807) is 0 Å². The highest BCUT2D eigenvalue weighted by Gasteiger charge is 2.22. The van der Waals surface area contributed by atoms with Gasteiger partial charge in [0.1, 0.15) is 18.1 Å². The van der Waals surface area contributed by atoms with Crippen LogP contribution in [0.3, 0.4) is 0 Å². The van der Waals surface area contributed by atoms with E-state index in [9.17, 15) is 34.1 Å². The topological polar surface area (TPSA) is 416 Å². The standard InChI is InChI=1S/C13H19NO2.C6H14N4O2.C6H6N2O2.C5H10N2O3.C2H5NO2.ClH/c1-3-10(2)12(13(15)16)14-9-11-7-5-4-6-8-11;7-4(5(11)12)2-1-3-10-6(8)9;7-5-1-3-6(4-2-5)8(9)10;6-3(5(9)10)1-2-4(7)8;3-1-2(4)5;/h4-8,10,12,14H,3,9H2,1-2H3,(H,15,16);4H,1-3,7H2,(H,11,12)(H4,8,9,10);1-4H,7H2;3H,1-2,6H2,(H2,7,8)(H,9,10);1,3H2,(H,4,5);1H. The summed E-state index contributed by atoms with van der Waals surface area (Å²) >= 11 is 0. The second-order valence-electron chi connectivity index (χ2n) is 10.9. The van der Waals surface area contributed by atoms with E-state index in [4.69, 9.17) is 54.8 Å². The molecule has 0 heterocycles. The number of carboxylic acids is 4. The molecule has 0 spiro atoms. The van der Waals surface area contributed by atoms with Gasteiger partial charge < -0.3 is 65.9 Å².